The molecule has 7 heteroatoms. The summed E-state index contributed by atoms with van der Waals surface area (Å²) in [5.41, 5.74) is 11.5. The van der Waals surface area contributed by atoms with Gasteiger partial charge in [-0.2, -0.15) is 0 Å². The van der Waals surface area contributed by atoms with E-state index in [2.05, 4.69) is 15.3 Å². The summed E-state index contributed by atoms with van der Waals surface area (Å²) in [5, 5.41) is 6.01. The van der Waals surface area contributed by atoms with Crippen molar-refractivity contribution in [2.24, 2.45) is 5.73 Å². The number of hydrogen-bond donors (Lipinski definition) is 3. The lowest BCUT2D eigenvalue weighted by Gasteiger charge is -2.08. The molecule has 0 aromatic carbocycles. The molecule has 0 unspecified atom stereocenters. The van der Waals surface area contributed by atoms with Crippen LogP contribution < -0.4 is 16.8 Å². The van der Waals surface area contributed by atoms with Crippen LogP contribution in [0.4, 0.5) is 11.5 Å². The van der Waals surface area contributed by atoms with Crippen LogP contribution in [0.5, 0.6) is 0 Å². The van der Waals surface area contributed by atoms with Gasteiger partial charge in [0.25, 0.3) is 5.91 Å². The number of rotatable bonds is 5. The van der Waals surface area contributed by atoms with Gasteiger partial charge in [-0.05, 0) is 6.07 Å². The van der Waals surface area contributed by atoms with Crippen LogP contribution in [0, 0.1) is 0 Å². The number of carbonyl (C=O) groups excluding carboxylic acids is 1. The van der Waals surface area contributed by atoms with Crippen LogP contribution in [0.25, 0.3) is 0 Å². The second-order valence-corrected chi connectivity index (χ2v) is 4.61. The monoisotopic (exact) mass is 263 g/mol. The number of amides is 1. The summed E-state index contributed by atoms with van der Waals surface area (Å²) in [6.07, 6.45) is 4.01. The molecule has 0 aliphatic rings. The molecular formula is C11H13N5OS. The van der Waals surface area contributed by atoms with Gasteiger partial charge in [-0.3, -0.25) is 4.79 Å². The predicted molar refractivity (Wildman–Crippen MR) is 71.5 cm³/mol. The summed E-state index contributed by atoms with van der Waals surface area (Å²) in [4.78, 5) is 19.5. The van der Waals surface area contributed by atoms with Crippen LogP contribution in [0.15, 0.2) is 23.8 Å². The average molecular weight is 263 g/mol. The lowest BCUT2D eigenvalue weighted by Crippen LogP contribution is -2.17. The molecule has 0 aliphatic heterocycles. The number of carbonyl (C=O) groups is 1. The van der Waals surface area contributed by atoms with Crippen LogP contribution in [-0.2, 0) is 6.42 Å². The van der Waals surface area contributed by atoms with E-state index in [4.69, 9.17) is 11.5 Å². The molecular weight excluding hydrogens is 250 g/mol. The first-order valence-corrected chi connectivity index (χ1v) is 6.22. The SMILES string of the molecule is NC(=O)c1cc(N)cnc1NCCc1nccs1. The molecule has 0 spiro atoms. The Morgan fingerprint density at radius 1 is 1.44 bits per heavy atom. The van der Waals surface area contributed by atoms with Crippen molar-refractivity contribution in [2.75, 3.05) is 17.6 Å². The van der Waals surface area contributed by atoms with E-state index >= 15 is 0 Å². The highest BCUT2D eigenvalue weighted by molar-refractivity contribution is 7.09. The van der Waals surface area contributed by atoms with Gasteiger partial charge >= 0.3 is 0 Å². The molecule has 0 saturated heterocycles. The third-order valence-electron chi connectivity index (χ3n) is 2.29. The number of thiazole rings is 1. The van der Waals surface area contributed by atoms with Crippen molar-refractivity contribution in [1.29, 1.82) is 0 Å². The maximum Gasteiger partial charge on any atom is 0.252 e. The van der Waals surface area contributed by atoms with E-state index in [9.17, 15) is 4.79 Å². The lowest BCUT2D eigenvalue weighted by molar-refractivity contribution is 0.100. The van der Waals surface area contributed by atoms with E-state index in [0.29, 0.717) is 23.6 Å². The van der Waals surface area contributed by atoms with Gasteiger partial charge in [-0.25, -0.2) is 9.97 Å². The van der Waals surface area contributed by atoms with Crippen molar-refractivity contribution in [1.82, 2.24) is 9.97 Å². The molecule has 0 radical (unpaired) electrons. The minimum absolute atomic E-state index is 0.300. The fourth-order valence-electron chi connectivity index (χ4n) is 1.47. The van der Waals surface area contributed by atoms with Crippen molar-refractivity contribution in [3.8, 4) is 0 Å². The normalized spacial score (nSPS) is 10.2. The number of nitrogens with two attached hydrogens (primary N) is 2. The number of pyridine rings is 1. The van der Waals surface area contributed by atoms with E-state index in [1.807, 2.05) is 5.38 Å². The van der Waals surface area contributed by atoms with Gasteiger partial charge in [-0.1, -0.05) is 0 Å². The summed E-state index contributed by atoms with van der Waals surface area (Å²) >= 11 is 1.59. The van der Waals surface area contributed by atoms with Crippen molar-refractivity contribution < 1.29 is 4.79 Å². The minimum atomic E-state index is -0.549. The van der Waals surface area contributed by atoms with Gasteiger partial charge in [0.1, 0.15) is 5.82 Å². The fraction of sp³-hybridized carbons (Fsp3) is 0.182. The highest BCUT2D eigenvalue weighted by atomic mass is 32.1. The second kappa shape index (κ2) is 5.46. The van der Waals surface area contributed by atoms with Gasteiger partial charge in [0.2, 0.25) is 0 Å². The molecule has 94 valence electrons. The van der Waals surface area contributed by atoms with Crippen LogP contribution in [-0.4, -0.2) is 22.4 Å². The highest BCUT2D eigenvalue weighted by Crippen LogP contribution is 2.15. The second-order valence-electron chi connectivity index (χ2n) is 3.63. The number of aromatic nitrogens is 2. The number of primary amides is 1. The topological polar surface area (TPSA) is 107 Å². The fourth-order valence-corrected chi connectivity index (χ4v) is 2.09. The van der Waals surface area contributed by atoms with Gasteiger partial charge in [-0.15, -0.1) is 11.3 Å². The zero-order valence-corrected chi connectivity index (χ0v) is 10.4. The molecule has 2 heterocycles. The van der Waals surface area contributed by atoms with E-state index in [1.165, 1.54) is 12.3 Å². The summed E-state index contributed by atoms with van der Waals surface area (Å²) in [5.74, 6) is -0.0974. The van der Waals surface area contributed by atoms with Crippen LogP contribution in [0.3, 0.4) is 0 Å². The van der Waals surface area contributed by atoms with Gasteiger partial charge < -0.3 is 16.8 Å². The Kier molecular flexibility index (Phi) is 3.73. The molecule has 2 rings (SSSR count). The number of nitrogens with zero attached hydrogens (tertiary/aromatic N) is 2. The van der Waals surface area contributed by atoms with E-state index in [-0.39, 0.29) is 0 Å². The highest BCUT2D eigenvalue weighted by Gasteiger charge is 2.09. The molecule has 1 amide bonds. The standard InChI is InChI=1S/C11H13N5OS/c12-7-5-8(10(13)17)11(16-6-7)15-2-1-9-14-3-4-18-9/h3-6H,1-2,12H2,(H2,13,17)(H,15,16). The summed E-state index contributed by atoms with van der Waals surface area (Å²) < 4.78 is 0. The van der Waals surface area contributed by atoms with Crippen molar-refractivity contribution in [3.63, 3.8) is 0 Å². The first kappa shape index (κ1) is 12.3. The van der Waals surface area contributed by atoms with Crippen molar-refractivity contribution >= 4 is 28.7 Å². The Morgan fingerprint density at radius 2 is 2.28 bits per heavy atom. The Hall–Kier alpha value is -2.15. The first-order chi connectivity index (χ1) is 8.66. The maximum absolute atomic E-state index is 11.2. The molecule has 0 fully saturated rings. The van der Waals surface area contributed by atoms with Crippen molar-refractivity contribution in [2.45, 2.75) is 6.42 Å². The van der Waals surface area contributed by atoms with Crippen LogP contribution in [0.2, 0.25) is 0 Å². The number of nitrogen functional groups attached to an aromatic ring is 1. The molecule has 18 heavy (non-hydrogen) atoms. The largest absolute Gasteiger partial charge is 0.397 e. The van der Waals surface area contributed by atoms with Gasteiger partial charge in [0.15, 0.2) is 0 Å². The number of anilines is 2. The molecule has 0 saturated carbocycles. The zero-order chi connectivity index (χ0) is 13.0. The summed E-state index contributed by atoms with van der Waals surface area (Å²) in [7, 11) is 0. The van der Waals surface area contributed by atoms with Crippen LogP contribution >= 0.6 is 11.3 Å². The summed E-state index contributed by atoms with van der Waals surface area (Å²) in [6.45, 7) is 0.630. The molecule has 0 bridgehead atoms. The molecule has 0 aliphatic carbocycles. The van der Waals surface area contributed by atoms with E-state index in [1.54, 1.807) is 17.5 Å². The zero-order valence-electron chi connectivity index (χ0n) is 9.59. The third kappa shape index (κ3) is 2.95. The van der Waals surface area contributed by atoms with Gasteiger partial charge in [0, 0.05) is 24.5 Å². The molecule has 2 aromatic heterocycles. The van der Waals surface area contributed by atoms with Crippen LogP contribution in [0.1, 0.15) is 15.4 Å². The molecule has 0 atom stereocenters. The maximum atomic E-state index is 11.2. The molecule has 6 nitrogen and oxygen atoms in total. The Bertz CT molecular complexity index is 540. The Morgan fingerprint density at radius 3 is 2.94 bits per heavy atom. The van der Waals surface area contributed by atoms with Gasteiger partial charge in [0.05, 0.1) is 22.5 Å². The smallest absolute Gasteiger partial charge is 0.252 e. The quantitative estimate of drug-likeness (QED) is 0.742. The molecule has 5 N–H and O–H groups in total. The minimum Gasteiger partial charge on any atom is -0.397 e. The Labute approximate surface area is 108 Å². The number of nitrogens with one attached hydrogen (secondary N) is 1. The predicted octanol–water partition coefficient (Wildman–Crippen LogP) is 0.874. The van der Waals surface area contributed by atoms with E-state index in [0.717, 1.165) is 11.4 Å². The van der Waals surface area contributed by atoms with E-state index < -0.39 is 5.91 Å². The first-order valence-electron chi connectivity index (χ1n) is 5.34. The Balaban J connectivity index is 2.02. The third-order valence-corrected chi connectivity index (χ3v) is 3.13. The average Bonchev–Trinajstić information content (AvgIpc) is 2.84. The number of hydrogen-bond acceptors (Lipinski definition) is 6. The molecule has 2 aromatic rings. The lowest BCUT2D eigenvalue weighted by atomic mass is 10.2. The summed E-state index contributed by atoms with van der Waals surface area (Å²) in [6, 6.07) is 1.51. The van der Waals surface area contributed by atoms with Crippen molar-refractivity contribution in [3.05, 3.63) is 34.4 Å².